The Morgan fingerprint density at radius 1 is 1.12 bits per heavy atom. The van der Waals surface area contributed by atoms with Crippen molar-refractivity contribution in [3.63, 3.8) is 0 Å². The van der Waals surface area contributed by atoms with Gasteiger partial charge in [-0.25, -0.2) is 9.59 Å². The highest BCUT2D eigenvalue weighted by Crippen LogP contribution is 2.44. The van der Waals surface area contributed by atoms with Crippen LogP contribution in [0.3, 0.4) is 0 Å². The Kier molecular flexibility index (Phi) is 6.35. The quantitative estimate of drug-likeness (QED) is 0.498. The number of aliphatic hydroxyl groups is 1. The highest BCUT2D eigenvalue weighted by atomic mass is 16.5. The molecular formula is C24H26N2O7. The third-order valence-corrected chi connectivity index (χ3v) is 6.40. The van der Waals surface area contributed by atoms with Gasteiger partial charge in [0.1, 0.15) is 12.6 Å². The van der Waals surface area contributed by atoms with Crippen LogP contribution in [-0.4, -0.2) is 66.7 Å². The lowest BCUT2D eigenvalue weighted by Gasteiger charge is -2.29. The fourth-order valence-electron chi connectivity index (χ4n) is 4.39. The van der Waals surface area contributed by atoms with Crippen molar-refractivity contribution in [1.29, 1.82) is 0 Å². The van der Waals surface area contributed by atoms with Gasteiger partial charge in [0.25, 0.3) is 0 Å². The maximum absolute atomic E-state index is 12.7. The number of carboxylic acid groups (broad SMARTS) is 1. The summed E-state index contributed by atoms with van der Waals surface area (Å²) in [5.41, 5.74) is 3.20. The van der Waals surface area contributed by atoms with Crippen LogP contribution in [0.25, 0.3) is 11.1 Å². The number of carbonyl (C=O) groups excluding carboxylic acids is 2. The van der Waals surface area contributed by atoms with Crippen molar-refractivity contribution in [2.24, 2.45) is 5.41 Å². The number of amides is 2. The Hall–Kier alpha value is -3.43. The molecule has 1 fully saturated rings. The summed E-state index contributed by atoms with van der Waals surface area (Å²) in [6.07, 6.45) is -0.691. The monoisotopic (exact) mass is 454 g/mol. The lowest BCUT2D eigenvalue weighted by molar-refractivity contribution is -0.145. The van der Waals surface area contributed by atoms with E-state index >= 15 is 0 Å². The van der Waals surface area contributed by atoms with Crippen molar-refractivity contribution in [2.45, 2.75) is 24.9 Å². The topological polar surface area (TPSA) is 134 Å². The molecule has 1 heterocycles. The fourth-order valence-corrected chi connectivity index (χ4v) is 4.39. The summed E-state index contributed by atoms with van der Waals surface area (Å²) in [4.78, 5) is 36.5. The summed E-state index contributed by atoms with van der Waals surface area (Å²) in [7, 11) is 0. The third-order valence-electron chi connectivity index (χ3n) is 6.40. The zero-order chi connectivity index (χ0) is 23.6. The average molecular weight is 454 g/mol. The summed E-state index contributed by atoms with van der Waals surface area (Å²) in [5.74, 6) is -2.08. The summed E-state index contributed by atoms with van der Waals surface area (Å²) >= 11 is 0. The molecule has 174 valence electrons. The zero-order valence-corrected chi connectivity index (χ0v) is 18.1. The van der Waals surface area contributed by atoms with E-state index in [1.807, 2.05) is 48.5 Å². The van der Waals surface area contributed by atoms with Crippen LogP contribution in [0.2, 0.25) is 0 Å². The Labute approximate surface area is 190 Å². The van der Waals surface area contributed by atoms with E-state index in [0.717, 1.165) is 22.3 Å². The number of fused-ring (bicyclic) bond motifs is 3. The van der Waals surface area contributed by atoms with Crippen molar-refractivity contribution in [3.8, 4) is 11.1 Å². The van der Waals surface area contributed by atoms with Gasteiger partial charge in [-0.1, -0.05) is 48.5 Å². The van der Waals surface area contributed by atoms with E-state index in [9.17, 15) is 19.5 Å². The van der Waals surface area contributed by atoms with Gasteiger partial charge in [-0.2, -0.15) is 0 Å². The Morgan fingerprint density at radius 3 is 2.30 bits per heavy atom. The molecule has 3 atom stereocenters. The summed E-state index contributed by atoms with van der Waals surface area (Å²) in [5, 5.41) is 23.2. The minimum atomic E-state index is -1.44. The van der Waals surface area contributed by atoms with Gasteiger partial charge in [-0.05, 0) is 29.2 Å². The molecule has 2 aliphatic rings. The van der Waals surface area contributed by atoms with E-state index in [-0.39, 0.29) is 25.7 Å². The number of aliphatic carboxylic acids is 1. The van der Waals surface area contributed by atoms with Gasteiger partial charge in [-0.3, -0.25) is 4.79 Å². The van der Waals surface area contributed by atoms with E-state index in [2.05, 4.69) is 10.6 Å². The molecule has 33 heavy (non-hydrogen) atoms. The van der Waals surface area contributed by atoms with Crippen molar-refractivity contribution < 1.29 is 34.1 Å². The van der Waals surface area contributed by atoms with E-state index in [4.69, 9.17) is 14.6 Å². The molecule has 2 unspecified atom stereocenters. The molecule has 9 nitrogen and oxygen atoms in total. The molecule has 0 spiro atoms. The molecule has 2 amide bonds. The first kappa shape index (κ1) is 22.8. The van der Waals surface area contributed by atoms with Crippen molar-refractivity contribution in [2.75, 3.05) is 26.4 Å². The van der Waals surface area contributed by atoms with Gasteiger partial charge in [0.05, 0.1) is 31.3 Å². The lowest BCUT2D eigenvalue weighted by Crippen LogP contribution is -2.57. The van der Waals surface area contributed by atoms with E-state index in [1.165, 1.54) is 0 Å². The average Bonchev–Trinajstić information content (AvgIpc) is 3.34. The first-order valence-corrected chi connectivity index (χ1v) is 10.7. The van der Waals surface area contributed by atoms with Gasteiger partial charge in [-0.15, -0.1) is 0 Å². The molecule has 2 aromatic rings. The van der Waals surface area contributed by atoms with Gasteiger partial charge < -0.3 is 30.3 Å². The minimum absolute atomic E-state index is 0.00900. The molecule has 1 aliphatic heterocycles. The SMILES string of the molecule is CC1(C(=O)N[C@H](CO)C(=O)O)COCC1NC(=O)OCC1c2ccccc2-c2ccccc21. The smallest absolute Gasteiger partial charge is 0.407 e. The Balaban J connectivity index is 1.41. The molecular weight excluding hydrogens is 428 g/mol. The molecule has 1 saturated heterocycles. The number of benzene rings is 2. The Bertz CT molecular complexity index is 1030. The van der Waals surface area contributed by atoms with Crippen LogP contribution in [0.15, 0.2) is 48.5 Å². The van der Waals surface area contributed by atoms with Gasteiger partial charge in [0.2, 0.25) is 5.91 Å². The van der Waals surface area contributed by atoms with Gasteiger partial charge in [0, 0.05) is 5.92 Å². The summed E-state index contributed by atoms with van der Waals surface area (Å²) in [6.45, 7) is 1.01. The fraction of sp³-hybridized carbons (Fsp3) is 0.375. The number of hydrogen-bond donors (Lipinski definition) is 4. The number of alkyl carbamates (subject to hydrolysis) is 1. The van der Waals surface area contributed by atoms with Crippen molar-refractivity contribution >= 4 is 18.0 Å². The second kappa shape index (κ2) is 9.21. The van der Waals surface area contributed by atoms with Crippen molar-refractivity contribution in [3.05, 3.63) is 59.7 Å². The minimum Gasteiger partial charge on any atom is -0.480 e. The molecule has 4 rings (SSSR count). The van der Waals surface area contributed by atoms with Gasteiger partial charge in [0.15, 0.2) is 0 Å². The van der Waals surface area contributed by atoms with Crippen LogP contribution in [0.1, 0.15) is 24.0 Å². The molecule has 1 aliphatic carbocycles. The first-order valence-electron chi connectivity index (χ1n) is 10.7. The lowest BCUT2D eigenvalue weighted by atomic mass is 9.84. The number of ether oxygens (including phenoxy) is 2. The van der Waals surface area contributed by atoms with E-state index in [1.54, 1.807) is 6.92 Å². The number of aliphatic hydroxyl groups excluding tert-OH is 1. The molecule has 0 bridgehead atoms. The Morgan fingerprint density at radius 2 is 1.73 bits per heavy atom. The molecule has 4 N–H and O–H groups in total. The highest BCUT2D eigenvalue weighted by molar-refractivity contribution is 5.88. The second-order valence-corrected chi connectivity index (χ2v) is 8.50. The second-order valence-electron chi connectivity index (χ2n) is 8.50. The van der Waals surface area contributed by atoms with Crippen LogP contribution >= 0.6 is 0 Å². The van der Waals surface area contributed by atoms with Crippen LogP contribution < -0.4 is 10.6 Å². The molecule has 9 heteroatoms. The summed E-state index contributed by atoms with van der Waals surface area (Å²) in [6, 6.07) is 13.8. The van der Waals surface area contributed by atoms with Crippen LogP contribution in [0, 0.1) is 5.41 Å². The number of carbonyl (C=O) groups is 3. The largest absolute Gasteiger partial charge is 0.480 e. The molecule has 0 aromatic heterocycles. The standard InChI is InChI=1S/C24H26N2O7/c1-24(22(30)25-19(10-27)21(28)29)13-32-12-20(24)26-23(31)33-11-18-16-8-4-2-6-14(16)15-7-3-5-9-17(15)18/h2-9,18-20,27H,10-13H2,1H3,(H,25,30)(H,26,31)(H,28,29)/t19-,20?,24?/m1/s1. The number of rotatable bonds is 7. The molecule has 2 aromatic carbocycles. The van der Waals surface area contributed by atoms with E-state index in [0.29, 0.717) is 0 Å². The van der Waals surface area contributed by atoms with Crippen molar-refractivity contribution in [1.82, 2.24) is 10.6 Å². The highest BCUT2D eigenvalue weighted by Gasteiger charge is 2.48. The zero-order valence-electron chi connectivity index (χ0n) is 18.1. The van der Waals surface area contributed by atoms with Gasteiger partial charge >= 0.3 is 12.1 Å². The molecule has 0 saturated carbocycles. The van der Waals surface area contributed by atoms with Crippen LogP contribution in [-0.2, 0) is 19.1 Å². The maximum atomic E-state index is 12.7. The number of hydrogen-bond acceptors (Lipinski definition) is 6. The van der Waals surface area contributed by atoms with Crippen LogP contribution in [0.5, 0.6) is 0 Å². The maximum Gasteiger partial charge on any atom is 0.407 e. The predicted octanol–water partition coefficient (Wildman–Crippen LogP) is 1.49. The third kappa shape index (κ3) is 4.29. The normalized spacial score (nSPS) is 22.2. The number of carboxylic acids is 1. The van der Waals surface area contributed by atoms with E-state index < -0.39 is 42.1 Å². The molecule has 0 radical (unpaired) electrons. The first-order chi connectivity index (χ1) is 15.8. The van der Waals surface area contributed by atoms with Crippen LogP contribution in [0.4, 0.5) is 4.79 Å². The predicted molar refractivity (Wildman–Crippen MR) is 118 cm³/mol. The summed E-state index contributed by atoms with van der Waals surface area (Å²) < 4.78 is 10.9. The number of nitrogens with one attached hydrogen (secondary N) is 2.